The highest BCUT2D eigenvalue weighted by molar-refractivity contribution is 7.78. The van der Waals surface area contributed by atoms with Gasteiger partial charge in [0.15, 0.2) is 0 Å². The van der Waals surface area contributed by atoms with Crippen LogP contribution in [-0.2, 0) is 0 Å². The molecule has 0 saturated carbocycles. The van der Waals surface area contributed by atoms with Crippen molar-refractivity contribution in [3.8, 4) is 0 Å². The molecule has 0 aromatic heterocycles. The summed E-state index contributed by atoms with van der Waals surface area (Å²) >= 11 is 4.00. The fraction of sp³-hybridized carbons (Fsp3) is 0.875. The molecule has 0 aromatic rings. The van der Waals surface area contributed by atoms with Crippen molar-refractivity contribution in [3.63, 3.8) is 0 Å². The Morgan fingerprint density at radius 2 is 2.14 bits per heavy atom. The molecule has 0 unspecified atom stereocenters. The Morgan fingerprint density at radius 1 is 1.50 bits per heavy atom. The first-order chi connectivity index (χ1) is 6.41. The smallest absolute Gasteiger partial charge is 0.313 e. The molecule has 6 heteroatoms. The van der Waals surface area contributed by atoms with E-state index in [0.29, 0.717) is 19.4 Å². The minimum absolute atomic E-state index is 0.00410. The number of thiol groups is 1. The van der Waals surface area contributed by atoms with Gasteiger partial charge in [-0.05, 0) is 12.8 Å². The van der Waals surface area contributed by atoms with E-state index in [1.165, 1.54) is 9.21 Å². The summed E-state index contributed by atoms with van der Waals surface area (Å²) in [4.78, 5) is 12.7. The lowest BCUT2D eigenvalue weighted by atomic mass is 9.97. The molecular formula is C8H12F2N2OS. The molecule has 2 saturated heterocycles. The van der Waals surface area contributed by atoms with Gasteiger partial charge in [0.1, 0.15) is 0 Å². The summed E-state index contributed by atoms with van der Waals surface area (Å²) in [7, 11) is 0. The van der Waals surface area contributed by atoms with Gasteiger partial charge in [0.05, 0.1) is 12.1 Å². The fourth-order valence-electron chi connectivity index (χ4n) is 2.18. The Labute approximate surface area is 86.6 Å². The van der Waals surface area contributed by atoms with Crippen molar-refractivity contribution in [3.05, 3.63) is 0 Å². The summed E-state index contributed by atoms with van der Waals surface area (Å²) in [5, 5.41) is 0. The number of carbonyl (C=O) groups excluding carboxylic acids is 1. The lowest BCUT2D eigenvalue weighted by Crippen LogP contribution is -2.49. The quantitative estimate of drug-likeness (QED) is 0.671. The third-order valence-corrected chi connectivity index (χ3v) is 3.43. The van der Waals surface area contributed by atoms with Crippen LogP contribution in [0.5, 0.6) is 0 Å². The van der Waals surface area contributed by atoms with E-state index in [9.17, 15) is 13.6 Å². The topological polar surface area (TPSA) is 23.6 Å². The number of piperidine rings is 1. The normalized spacial score (nSPS) is 32.7. The number of halogens is 2. The lowest BCUT2D eigenvalue weighted by Gasteiger charge is -2.34. The molecule has 2 aliphatic rings. The largest absolute Gasteiger partial charge is 0.330 e. The van der Waals surface area contributed by atoms with Crippen molar-refractivity contribution >= 4 is 18.8 Å². The molecule has 2 aliphatic heterocycles. The number of amides is 2. The van der Waals surface area contributed by atoms with Crippen LogP contribution in [0.2, 0.25) is 0 Å². The molecule has 2 atom stereocenters. The fourth-order valence-corrected chi connectivity index (χ4v) is 2.48. The SMILES string of the molecule is CC(F)(F)[C@@H]1CC[C@@H]2CN1C(=O)N2S. The van der Waals surface area contributed by atoms with Crippen molar-refractivity contribution in [2.45, 2.75) is 37.8 Å². The highest BCUT2D eigenvalue weighted by atomic mass is 32.1. The summed E-state index contributed by atoms with van der Waals surface area (Å²) in [6, 6.07) is -1.34. The molecule has 0 aromatic carbocycles. The maximum atomic E-state index is 13.1. The predicted molar refractivity (Wildman–Crippen MR) is 50.4 cm³/mol. The van der Waals surface area contributed by atoms with Gasteiger partial charge in [-0.2, -0.15) is 0 Å². The number of fused-ring (bicyclic) bond motifs is 2. The zero-order valence-electron chi connectivity index (χ0n) is 7.78. The van der Waals surface area contributed by atoms with Crippen LogP contribution >= 0.6 is 12.8 Å². The van der Waals surface area contributed by atoms with Crippen LogP contribution in [0.15, 0.2) is 0 Å². The van der Waals surface area contributed by atoms with Crippen LogP contribution in [0.4, 0.5) is 13.6 Å². The van der Waals surface area contributed by atoms with E-state index < -0.39 is 12.0 Å². The van der Waals surface area contributed by atoms with E-state index in [4.69, 9.17) is 0 Å². The number of rotatable bonds is 1. The monoisotopic (exact) mass is 222 g/mol. The molecular weight excluding hydrogens is 210 g/mol. The van der Waals surface area contributed by atoms with Crippen molar-refractivity contribution < 1.29 is 13.6 Å². The van der Waals surface area contributed by atoms with E-state index in [1.54, 1.807) is 0 Å². The zero-order chi connectivity index (χ0) is 10.5. The molecule has 0 radical (unpaired) electrons. The number of hydrogen-bond acceptors (Lipinski definition) is 2. The van der Waals surface area contributed by atoms with E-state index in [2.05, 4.69) is 12.8 Å². The number of carbonyl (C=O) groups is 1. The van der Waals surface area contributed by atoms with Gasteiger partial charge in [-0.3, -0.25) is 4.31 Å². The number of nitrogens with zero attached hydrogens (tertiary/aromatic N) is 2. The molecule has 14 heavy (non-hydrogen) atoms. The second kappa shape index (κ2) is 2.98. The van der Waals surface area contributed by atoms with Gasteiger partial charge < -0.3 is 4.90 Å². The van der Waals surface area contributed by atoms with Crippen LogP contribution < -0.4 is 0 Å². The molecule has 0 aliphatic carbocycles. The number of alkyl halides is 2. The minimum atomic E-state index is -2.82. The van der Waals surface area contributed by atoms with Gasteiger partial charge >= 0.3 is 6.03 Å². The van der Waals surface area contributed by atoms with Crippen molar-refractivity contribution in [2.24, 2.45) is 0 Å². The van der Waals surface area contributed by atoms with Gasteiger partial charge in [-0.25, -0.2) is 13.6 Å². The molecule has 0 spiro atoms. The molecule has 2 bridgehead atoms. The Kier molecular flexibility index (Phi) is 2.13. The highest BCUT2D eigenvalue weighted by Gasteiger charge is 2.50. The summed E-state index contributed by atoms with van der Waals surface area (Å²) in [5.74, 6) is -2.82. The van der Waals surface area contributed by atoms with Crippen LogP contribution in [0, 0.1) is 0 Å². The second-order valence-electron chi connectivity index (χ2n) is 3.98. The molecule has 0 N–H and O–H groups in total. The standard InChI is InChI=1S/C8H12F2N2OS/c1-8(9,10)6-3-2-5-4-11(6)7(13)12(5)14/h5-6,14H,2-4H2,1H3/t5-,6+/m1/s1. The van der Waals surface area contributed by atoms with Crippen LogP contribution in [0.3, 0.4) is 0 Å². The second-order valence-corrected chi connectivity index (χ2v) is 4.41. The average Bonchev–Trinajstić information content (AvgIpc) is 2.30. The van der Waals surface area contributed by atoms with E-state index in [1.807, 2.05) is 0 Å². The van der Waals surface area contributed by atoms with Gasteiger partial charge in [0.25, 0.3) is 5.92 Å². The summed E-state index contributed by atoms with van der Waals surface area (Å²) < 4.78 is 27.5. The van der Waals surface area contributed by atoms with Gasteiger partial charge in [-0.1, -0.05) is 12.8 Å². The van der Waals surface area contributed by atoms with Crippen LogP contribution in [0.1, 0.15) is 19.8 Å². The van der Waals surface area contributed by atoms with Gasteiger partial charge in [0.2, 0.25) is 0 Å². The lowest BCUT2D eigenvalue weighted by molar-refractivity contribution is -0.0596. The van der Waals surface area contributed by atoms with Gasteiger partial charge in [-0.15, -0.1) is 0 Å². The molecule has 2 rings (SSSR count). The van der Waals surface area contributed by atoms with E-state index >= 15 is 0 Å². The predicted octanol–water partition coefficient (Wildman–Crippen LogP) is 1.75. The first-order valence-electron chi connectivity index (χ1n) is 4.58. The van der Waals surface area contributed by atoms with Crippen molar-refractivity contribution in [1.29, 1.82) is 0 Å². The van der Waals surface area contributed by atoms with Crippen LogP contribution in [0.25, 0.3) is 0 Å². The first kappa shape index (κ1) is 10.0. The van der Waals surface area contributed by atoms with Crippen LogP contribution in [-0.4, -0.2) is 39.8 Å². The highest BCUT2D eigenvalue weighted by Crippen LogP contribution is 2.37. The number of hydrogen-bond donors (Lipinski definition) is 1. The Morgan fingerprint density at radius 3 is 2.71 bits per heavy atom. The Hall–Kier alpha value is -0.520. The Bertz CT molecular complexity index is 269. The summed E-state index contributed by atoms with van der Waals surface area (Å²) in [6.45, 7) is 1.25. The maximum Gasteiger partial charge on any atom is 0.330 e. The number of urea groups is 1. The van der Waals surface area contributed by atoms with E-state index in [-0.39, 0.29) is 12.1 Å². The van der Waals surface area contributed by atoms with Crippen molar-refractivity contribution in [1.82, 2.24) is 9.21 Å². The summed E-state index contributed by atoms with van der Waals surface area (Å²) in [5.41, 5.74) is 0. The summed E-state index contributed by atoms with van der Waals surface area (Å²) in [6.07, 6.45) is 0.969. The molecule has 2 heterocycles. The van der Waals surface area contributed by atoms with Gasteiger partial charge in [0, 0.05) is 13.5 Å². The molecule has 3 nitrogen and oxygen atoms in total. The third kappa shape index (κ3) is 1.36. The third-order valence-electron chi connectivity index (χ3n) is 2.93. The van der Waals surface area contributed by atoms with E-state index in [0.717, 1.165) is 6.92 Å². The zero-order valence-corrected chi connectivity index (χ0v) is 8.68. The maximum absolute atomic E-state index is 13.1. The molecule has 80 valence electrons. The molecule has 2 fully saturated rings. The first-order valence-corrected chi connectivity index (χ1v) is 4.98. The van der Waals surface area contributed by atoms with Crippen molar-refractivity contribution in [2.75, 3.05) is 6.54 Å². The Balaban J connectivity index is 2.22. The minimum Gasteiger partial charge on any atom is -0.313 e. The average molecular weight is 222 g/mol. The molecule has 2 amide bonds.